The molecule has 1 aromatic heterocycles. The molecule has 1 heterocycles. The molecule has 0 radical (unpaired) electrons. The van der Waals surface area contributed by atoms with E-state index in [-0.39, 0.29) is 5.82 Å². The zero-order valence-electron chi connectivity index (χ0n) is 10.6. The lowest BCUT2D eigenvalue weighted by molar-refractivity contribution is 0.453. The van der Waals surface area contributed by atoms with Gasteiger partial charge in [0.25, 0.3) is 0 Å². The number of halogens is 2. The van der Waals surface area contributed by atoms with Crippen LogP contribution in [0.25, 0.3) is 11.0 Å². The first-order valence-electron chi connectivity index (χ1n) is 6.00. The highest BCUT2D eigenvalue weighted by atomic mass is 79.9. The summed E-state index contributed by atoms with van der Waals surface area (Å²) < 4.78 is 19.5. The van der Waals surface area contributed by atoms with E-state index in [9.17, 15) is 4.39 Å². The van der Waals surface area contributed by atoms with Crippen LogP contribution in [0.15, 0.2) is 46.9 Å². The molecule has 0 fully saturated rings. The molecule has 2 aromatic carbocycles. The average molecular weight is 333 g/mol. The number of aromatic nitrogens is 2. The first kappa shape index (κ1) is 13.0. The van der Waals surface area contributed by atoms with E-state index in [2.05, 4.69) is 25.9 Å². The minimum atomic E-state index is -0.381. The van der Waals surface area contributed by atoms with Crippen LogP contribution in [0.2, 0.25) is 0 Å². The van der Waals surface area contributed by atoms with Crippen LogP contribution in [0, 0.1) is 12.7 Å². The highest BCUT2D eigenvalue weighted by Gasteiger charge is 2.09. The quantitative estimate of drug-likeness (QED) is 0.686. The Balaban J connectivity index is 2.01. The van der Waals surface area contributed by atoms with Gasteiger partial charge < -0.3 is 4.74 Å². The van der Waals surface area contributed by atoms with E-state index < -0.39 is 0 Å². The summed E-state index contributed by atoms with van der Waals surface area (Å²) in [6, 6.07) is 12.1. The fraction of sp³-hybridized carbons (Fsp3) is 0.0667. The molecular weight excluding hydrogens is 323 g/mol. The first-order chi connectivity index (χ1) is 9.63. The molecule has 0 spiro atoms. The van der Waals surface area contributed by atoms with Crippen molar-refractivity contribution in [2.75, 3.05) is 0 Å². The number of hydrogen-bond acceptors (Lipinski definition) is 3. The van der Waals surface area contributed by atoms with Crippen molar-refractivity contribution in [3.63, 3.8) is 0 Å². The lowest BCUT2D eigenvalue weighted by Crippen LogP contribution is -1.96. The van der Waals surface area contributed by atoms with Gasteiger partial charge in [-0.3, -0.25) is 0 Å². The summed E-state index contributed by atoms with van der Waals surface area (Å²) >= 11 is 3.10. The second kappa shape index (κ2) is 5.17. The predicted molar refractivity (Wildman–Crippen MR) is 78.4 cm³/mol. The normalized spacial score (nSPS) is 10.8. The molecule has 0 amide bonds. The summed E-state index contributed by atoms with van der Waals surface area (Å²) in [6.45, 7) is 1.81. The summed E-state index contributed by atoms with van der Waals surface area (Å²) in [6.07, 6.45) is 0. The molecule has 5 heteroatoms. The van der Waals surface area contributed by atoms with Crippen molar-refractivity contribution in [1.82, 2.24) is 9.97 Å². The van der Waals surface area contributed by atoms with E-state index in [1.165, 1.54) is 6.07 Å². The van der Waals surface area contributed by atoms with Crippen molar-refractivity contribution < 1.29 is 9.13 Å². The van der Waals surface area contributed by atoms with Crippen LogP contribution in [0.5, 0.6) is 11.6 Å². The van der Waals surface area contributed by atoms with E-state index >= 15 is 0 Å². The lowest BCUT2D eigenvalue weighted by atomic mass is 10.3. The molecule has 0 aliphatic carbocycles. The maximum Gasteiger partial charge on any atom is 0.241 e. The molecule has 0 N–H and O–H groups in total. The van der Waals surface area contributed by atoms with Gasteiger partial charge >= 0.3 is 0 Å². The molecule has 3 rings (SSSR count). The molecule has 3 aromatic rings. The van der Waals surface area contributed by atoms with Gasteiger partial charge in [0, 0.05) is 6.07 Å². The number of fused-ring (bicyclic) bond motifs is 1. The van der Waals surface area contributed by atoms with Crippen LogP contribution in [0.1, 0.15) is 5.69 Å². The van der Waals surface area contributed by atoms with E-state index in [4.69, 9.17) is 4.74 Å². The van der Waals surface area contributed by atoms with Crippen LogP contribution in [-0.2, 0) is 0 Å². The highest BCUT2D eigenvalue weighted by molar-refractivity contribution is 9.10. The molecule has 0 saturated heterocycles. The van der Waals surface area contributed by atoms with Gasteiger partial charge in [-0.2, -0.15) is 0 Å². The molecule has 0 aliphatic heterocycles. The monoisotopic (exact) mass is 332 g/mol. The fourth-order valence-electron chi connectivity index (χ4n) is 1.82. The number of ether oxygens (including phenoxy) is 1. The van der Waals surface area contributed by atoms with Gasteiger partial charge in [-0.05, 0) is 47.1 Å². The molecule has 20 heavy (non-hydrogen) atoms. The molecule has 0 unspecified atom stereocenters. The molecular formula is C15H10BrFN2O. The molecule has 0 aliphatic rings. The Labute approximate surface area is 123 Å². The minimum absolute atomic E-state index is 0.380. The Morgan fingerprint density at radius 2 is 1.75 bits per heavy atom. The fourth-order valence-corrected chi connectivity index (χ4v) is 2.07. The van der Waals surface area contributed by atoms with Crippen molar-refractivity contribution in [3.8, 4) is 11.6 Å². The zero-order chi connectivity index (χ0) is 14.1. The number of hydrogen-bond donors (Lipinski definition) is 0. The van der Waals surface area contributed by atoms with Gasteiger partial charge in [0.05, 0.1) is 15.5 Å². The van der Waals surface area contributed by atoms with E-state index in [0.29, 0.717) is 21.8 Å². The van der Waals surface area contributed by atoms with Crippen LogP contribution < -0.4 is 4.74 Å². The van der Waals surface area contributed by atoms with Crippen LogP contribution in [-0.4, -0.2) is 9.97 Å². The van der Waals surface area contributed by atoms with Gasteiger partial charge in [0.1, 0.15) is 17.3 Å². The number of para-hydroxylation sites is 2. The largest absolute Gasteiger partial charge is 0.437 e. The third kappa shape index (κ3) is 2.49. The maximum absolute atomic E-state index is 13.5. The average Bonchev–Trinajstić information content (AvgIpc) is 2.44. The number of aryl methyl sites for hydroxylation is 1. The van der Waals surface area contributed by atoms with Crippen molar-refractivity contribution in [3.05, 3.63) is 58.4 Å². The standard InChI is InChI=1S/C15H10BrFN2O/c1-9-15(19-14-5-3-2-4-13(14)18-9)20-10-6-7-11(16)12(17)8-10/h2-8H,1H3. The summed E-state index contributed by atoms with van der Waals surface area (Å²) in [5, 5.41) is 0. The predicted octanol–water partition coefficient (Wildman–Crippen LogP) is 4.63. The summed E-state index contributed by atoms with van der Waals surface area (Å²) in [7, 11) is 0. The van der Waals surface area contributed by atoms with Crippen LogP contribution in [0.3, 0.4) is 0 Å². The third-order valence-corrected chi connectivity index (χ3v) is 3.45. The Morgan fingerprint density at radius 3 is 2.45 bits per heavy atom. The molecule has 0 saturated carbocycles. The van der Waals surface area contributed by atoms with E-state index in [0.717, 1.165) is 11.0 Å². The first-order valence-corrected chi connectivity index (χ1v) is 6.79. The Morgan fingerprint density at radius 1 is 1.05 bits per heavy atom. The summed E-state index contributed by atoms with van der Waals surface area (Å²) in [4.78, 5) is 8.82. The number of rotatable bonds is 2. The third-order valence-electron chi connectivity index (χ3n) is 2.81. The van der Waals surface area contributed by atoms with Crippen molar-refractivity contribution >= 4 is 27.0 Å². The van der Waals surface area contributed by atoms with Crippen molar-refractivity contribution in [2.45, 2.75) is 6.92 Å². The SMILES string of the molecule is Cc1nc2ccccc2nc1Oc1ccc(Br)c(F)c1. The second-order valence-corrected chi connectivity index (χ2v) is 5.14. The van der Waals surface area contributed by atoms with E-state index in [1.54, 1.807) is 12.1 Å². The molecule has 0 atom stereocenters. The van der Waals surface area contributed by atoms with Gasteiger partial charge in [-0.15, -0.1) is 0 Å². The second-order valence-electron chi connectivity index (χ2n) is 4.28. The van der Waals surface area contributed by atoms with E-state index in [1.807, 2.05) is 31.2 Å². The van der Waals surface area contributed by atoms with Gasteiger partial charge in [-0.25, -0.2) is 14.4 Å². The van der Waals surface area contributed by atoms with Gasteiger partial charge in [0.2, 0.25) is 5.88 Å². The smallest absolute Gasteiger partial charge is 0.241 e. The van der Waals surface area contributed by atoms with Crippen molar-refractivity contribution in [2.24, 2.45) is 0 Å². The van der Waals surface area contributed by atoms with Gasteiger partial charge in [0.15, 0.2) is 0 Å². The number of nitrogens with zero attached hydrogens (tertiary/aromatic N) is 2. The molecule has 100 valence electrons. The zero-order valence-corrected chi connectivity index (χ0v) is 12.2. The summed E-state index contributed by atoms with van der Waals surface area (Å²) in [5.41, 5.74) is 2.21. The molecule has 0 bridgehead atoms. The molecule has 3 nitrogen and oxygen atoms in total. The highest BCUT2D eigenvalue weighted by Crippen LogP contribution is 2.27. The van der Waals surface area contributed by atoms with Gasteiger partial charge in [-0.1, -0.05) is 12.1 Å². The Kier molecular flexibility index (Phi) is 3.36. The van der Waals surface area contributed by atoms with Crippen molar-refractivity contribution in [1.29, 1.82) is 0 Å². The van der Waals surface area contributed by atoms with Crippen LogP contribution >= 0.6 is 15.9 Å². The Bertz CT molecular complexity index is 792. The summed E-state index contributed by atoms with van der Waals surface area (Å²) in [5.74, 6) is 0.387. The maximum atomic E-state index is 13.5. The topological polar surface area (TPSA) is 35.0 Å². The minimum Gasteiger partial charge on any atom is -0.437 e. The number of benzene rings is 2. The lowest BCUT2D eigenvalue weighted by Gasteiger charge is -2.08. The van der Waals surface area contributed by atoms with Crippen LogP contribution in [0.4, 0.5) is 4.39 Å². The Hall–Kier alpha value is -2.01.